The summed E-state index contributed by atoms with van der Waals surface area (Å²) in [5.41, 5.74) is 9.26. The number of hydrogen-bond acceptors (Lipinski definition) is 4. The number of hydrogen-bond donors (Lipinski definition) is 1. The second-order valence-corrected chi connectivity index (χ2v) is 5.30. The molecule has 0 amide bonds. The molecule has 2 N–H and O–H groups in total. The highest BCUT2D eigenvalue weighted by Crippen LogP contribution is 2.37. The number of anilines is 1. The zero-order valence-electron chi connectivity index (χ0n) is 11.2. The third kappa shape index (κ3) is 2.27. The second kappa shape index (κ2) is 5.00. The Morgan fingerprint density at radius 2 is 2.00 bits per heavy atom. The largest absolute Gasteiger partial charge is 0.402 e. The van der Waals surface area contributed by atoms with Crippen LogP contribution in [0.5, 0.6) is 0 Å². The fraction of sp³-hybridized carbons (Fsp3) is 0.333. The molecule has 0 aromatic heterocycles. The van der Waals surface area contributed by atoms with Gasteiger partial charge in [0.05, 0.1) is 4.92 Å². The van der Waals surface area contributed by atoms with Crippen molar-refractivity contribution in [3.63, 3.8) is 0 Å². The van der Waals surface area contributed by atoms with Crippen molar-refractivity contribution in [1.29, 1.82) is 0 Å². The van der Waals surface area contributed by atoms with Gasteiger partial charge in [0, 0.05) is 41.7 Å². The predicted octanol–water partition coefficient (Wildman–Crippen LogP) is 2.94. The van der Waals surface area contributed by atoms with E-state index in [0.29, 0.717) is 5.92 Å². The Balaban J connectivity index is 1.90. The van der Waals surface area contributed by atoms with E-state index in [1.807, 2.05) is 18.2 Å². The van der Waals surface area contributed by atoms with E-state index in [9.17, 15) is 10.1 Å². The lowest BCUT2D eigenvalue weighted by molar-refractivity contribution is -0.384. The van der Waals surface area contributed by atoms with E-state index in [1.54, 1.807) is 12.1 Å². The first kappa shape index (κ1) is 12.7. The molecule has 1 heterocycles. The highest BCUT2D eigenvalue weighted by Gasteiger charge is 2.28. The number of allylic oxidation sites excluding steroid dienone is 4. The van der Waals surface area contributed by atoms with Gasteiger partial charge in [-0.15, -0.1) is 0 Å². The van der Waals surface area contributed by atoms with Gasteiger partial charge in [0.2, 0.25) is 0 Å². The Bertz CT molecular complexity index is 590. The molecule has 5 heteroatoms. The normalized spacial score (nSPS) is 21.8. The van der Waals surface area contributed by atoms with Gasteiger partial charge in [-0.3, -0.25) is 10.1 Å². The van der Waals surface area contributed by atoms with Crippen molar-refractivity contribution in [3.05, 3.63) is 57.9 Å². The number of nitrogens with zero attached hydrogens (tertiary/aromatic N) is 2. The summed E-state index contributed by atoms with van der Waals surface area (Å²) in [4.78, 5) is 12.6. The van der Waals surface area contributed by atoms with Crippen molar-refractivity contribution in [1.82, 2.24) is 0 Å². The van der Waals surface area contributed by atoms with Gasteiger partial charge in [0.15, 0.2) is 0 Å². The lowest BCUT2D eigenvalue weighted by Gasteiger charge is -2.38. The molecule has 5 nitrogen and oxygen atoms in total. The number of non-ortho nitro benzene ring substituents is 1. The first-order chi connectivity index (χ1) is 9.65. The van der Waals surface area contributed by atoms with E-state index in [2.05, 4.69) is 11.0 Å². The maximum absolute atomic E-state index is 10.7. The molecule has 1 aliphatic carbocycles. The van der Waals surface area contributed by atoms with Crippen molar-refractivity contribution < 1.29 is 4.92 Å². The van der Waals surface area contributed by atoms with Crippen LogP contribution in [0, 0.1) is 16.0 Å². The third-order valence-corrected chi connectivity index (χ3v) is 3.99. The summed E-state index contributed by atoms with van der Waals surface area (Å²) >= 11 is 0. The van der Waals surface area contributed by atoms with Crippen LogP contribution in [0.1, 0.15) is 19.3 Å². The standard InChI is InChI=1S/C15H17N3O2/c16-12-3-8-15-11(10-12)2-1-9-17(15)13-4-6-14(7-5-13)18(19)20/h3-8,11H,1-2,9-10,16H2. The van der Waals surface area contributed by atoms with Crippen molar-refractivity contribution in [2.45, 2.75) is 19.3 Å². The number of rotatable bonds is 2. The Morgan fingerprint density at radius 3 is 2.70 bits per heavy atom. The van der Waals surface area contributed by atoms with Crippen molar-refractivity contribution >= 4 is 11.4 Å². The van der Waals surface area contributed by atoms with Gasteiger partial charge in [-0.2, -0.15) is 0 Å². The Kier molecular flexibility index (Phi) is 3.18. The number of nitro groups is 1. The van der Waals surface area contributed by atoms with Gasteiger partial charge in [-0.1, -0.05) is 0 Å². The zero-order valence-corrected chi connectivity index (χ0v) is 11.2. The summed E-state index contributed by atoms with van der Waals surface area (Å²) < 4.78 is 0. The summed E-state index contributed by atoms with van der Waals surface area (Å²) in [7, 11) is 0. The zero-order chi connectivity index (χ0) is 14.1. The van der Waals surface area contributed by atoms with E-state index in [4.69, 9.17) is 5.73 Å². The van der Waals surface area contributed by atoms with E-state index in [0.717, 1.165) is 37.2 Å². The molecule has 1 fully saturated rings. The molecule has 20 heavy (non-hydrogen) atoms. The van der Waals surface area contributed by atoms with E-state index in [-0.39, 0.29) is 10.6 Å². The number of nitro benzene ring substituents is 1. The molecular weight excluding hydrogens is 254 g/mol. The van der Waals surface area contributed by atoms with Crippen molar-refractivity contribution in [3.8, 4) is 0 Å². The number of benzene rings is 1. The van der Waals surface area contributed by atoms with Crippen LogP contribution in [0.25, 0.3) is 0 Å². The maximum atomic E-state index is 10.7. The van der Waals surface area contributed by atoms with Crippen LogP contribution in [0.4, 0.5) is 11.4 Å². The monoisotopic (exact) mass is 271 g/mol. The lowest BCUT2D eigenvalue weighted by atomic mass is 9.86. The van der Waals surface area contributed by atoms with Gasteiger partial charge >= 0.3 is 0 Å². The number of nitrogens with two attached hydrogens (primary N) is 1. The summed E-state index contributed by atoms with van der Waals surface area (Å²) in [6, 6.07) is 6.77. The highest BCUT2D eigenvalue weighted by molar-refractivity contribution is 5.57. The molecule has 0 spiro atoms. The van der Waals surface area contributed by atoms with Crippen LogP contribution in [-0.4, -0.2) is 11.5 Å². The fourth-order valence-electron chi connectivity index (χ4n) is 3.00. The van der Waals surface area contributed by atoms with Gasteiger partial charge in [-0.25, -0.2) is 0 Å². The second-order valence-electron chi connectivity index (χ2n) is 5.30. The molecule has 1 aromatic carbocycles. The number of fused-ring (bicyclic) bond motifs is 1. The average Bonchev–Trinajstić information content (AvgIpc) is 2.46. The van der Waals surface area contributed by atoms with Crippen LogP contribution in [-0.2, 0) is 0 Å². The molecule has 0 saturated carbocycles. The minimum atomic E-state index is -0.369. The molecular formula is C15H17N3O2. The SMILES string of the molecule is NC1=CC=C2C(CCCN2c2ccc([N+](=O)[O-])cc2)C1. The molecule has 0 radical (unpaired) electrons. The van der Waals surface area contributed by atoms with Gasteiger partial charge in [-0.05, 0) is 43.5 Å². The van der Waals surface area contributed by atoms with Crippen LogP contribution >= 0.6 is 0 Å². The van der Waals surface area contributed by atoms with E-state index < -0.39 is 0 Å². The highest BCUT2D eigenvalue weighted by atomic mass is 16.6. The molecule has 104 valence electrons. The molecule has 1 unspecified atom stereocenters. The minimum absolute atomic E-state index is 0.129. The molecule has 1 atom stereocenters. The van der Waals surface area contributed by atoms with Crippen molar-refractivity contribution in [2.24, 2.45) is 11.7 Å². The Labute approximate surface area is 117 Å². The van der Waals surface area contributed by atoms with Crippen LogP contribution in [0.2, 0.25) is 0 Å². The number of piperidine rings is 1. The Morgan fingerprint density at radius 1 is 1.25 bits per heavy atom. The quantitative estimate of drug-likeness (QED) is 0.663. The molecule has 3 rings (SSSR count). The summed E-state index contributed by atoms with van der Waals surface area (Å²) in [5, 5.41) is 10.7. The third-order valence-electron chi connectivity index (χ3n) is 3.99. The fourth-order valence-corrected chi connectivity index (χ4v) is 3.00. The van der Waals surface area contributed by atoms with Gasteiger partial charge < -0.3 is 10.6 Å². The first-order valence-corrected chi connectivity index (χ1v) is 6.83. The average molecular weight is 271 g/mol. The predicted molar refractivity (Wildman–Crippen MR) is 78.1 cm³/mol. The van der Waals surface area contributed by atoms with E-state index in [1.165, 1.54) is 5.70 Å². The minimum Gasteiger partial charge on any atom is -0.402 e. The first-order valence-electron chi connectivity index (χ1n) is 6.83. The Hall–Kier alpha value is -2.30. The lowest BCUT2D eigenvalue weighted by Crippen LogP contribution is -2.35. The summed E-state index contributed by atoms with van der Waals surface area (Å²) in [5.74, 6) is 0.476. The maximum Gasteiger partial charge on any atom is 0.269 e. The molecule has 0 bridgehead atoms. The van der Waals surface area contributed by atoms with Crippen LogP contribution in [0.15, 0.2) is 47.8 Å². The molecule has 1 aromatic rings. The molecule has 2 aliphatic rings. The molecule has 1 saturated heterocycles. The van der Waals surface area contributed by atoms with Crippen LogP contribution < -0.4 is 10.6 Å². The van der Waals surface area contributed by atoms with Crippen LogP contribution in [0.3, 0.4) is 0 Å². The van der Waals surface area contributed by atoms with Crippen molar-refractivity contribution in [2.75, 3.05) is 11.4 Å². The topological polar surface area (TPSA) is 72.4 Å². The van der Waals surface area contributed by atoms with E-state index >= 15 is 0 Å². The van der Waals surface area contributed by atoms with Gasteiger partial charge in [0.25, 0.3) is 5.69 Å². The molecule has 1 aliphatic heterocycles. The summed E-state index contributed by atoms with van der Waals surface area (Å²) in [6.07, 6.45) is 7.24. The smallest absolute Gasteiger partial charge is 0.269 e. The van der Waals surface area contributed by atoms with Gasteiger partial charge in [0.1, 0.15) is 0 Å². The summed E-state index contributed by atoms with van der Waals surface area (Å²) in [6.45, 7) is 0.952.